The van der Waals surface area contributed by atoms with E-state index in [9.17, 15) is 4.79 Å². The number of nitrogens with two attached hydrogens (primary N) is 1. The lowest BCUT2D eigenvalue weighted by Crippen LogP contribution is -2.49. The van der Waals surface area contributed by atoms with E-state index in [1.807, 2.05) is 16.8 Å². The van der Waals surface area contributed by atoms with E-state index >= 15 is 0 Å². The van der Waals surface area contributed by atoms with Crippen LogP contribution in [-0.4, -0.2) is 21.3 Å². The molecule has 3 N–H and O–H groups in total. The minimum Gasteiger partial charge on any atom is -0.350 e. The van der Waals surface area contributed by atoms with Crippen molar-refractivity contribution in [1.82, 2.24) is 14.7 Å². The molecule has 2 aliphatic carbocycles. The van der Waals surface area contributed by atoms with E-state index < -0.39 is 0 Å². The van der Waals surface area contributed by atoms with E-state index in [1.165, 1.54) is 24.8 Å². The molecule has 4 rings (SSSR count). The fraction of sp³-hybridized carbons (Fsp3) is 0.579. The molecule has 2 aromatic rings. The first-order valence-electron chi connectivity index (χ1n) is 9.07. The van der Waals surface area contributed by atoms with E-state index in [2.05, 4.69) is 29.4 Å². The Labute approximate surface area is 166 Å². The molecule has 2 unspecified atom stereocenters. The van der Waals surface area contributed by atoms with Gasteiger partial charge in [0.05, 0.1) is 12.2 Å². The molecule has 144 valence electrons. The molecule has 0 aromatic carbocycles. The summed E-state index contributed by atoms with van der Waals surface area (Å²) >= 11 is 0. The van der Waals surface area contributed by atoms with E-state index in [0.29, 0.717) is 24.4 Å². The van der Waals surface area contributed by atoms with Gasteiger partial charge in [-0.05, 0) is 62.1 Å². The predicted molar refractivity (Wildman–Crippen MR) is 108 cm³/mol. The predicted octanol–water partition coefficient (Wildman–Crippen LogP) is 3.26. The molecule has 0 spiro atoms. The van der Waals surface area contributed by atoms with Crippen molar-refractivity contribution in [2.24, 2.45) is 23.5 Å². The maximum absolute atomic E-state index is 12.6. The Hall–Kier alpha value is -1.30. The Morgan fingerprint density at radius 2 is 2.00 bits per heavy atom. The smallest absolute Gasteiger partial charge is 0.223 e. The molecule has 2 heterocycles. The van der Waals surface area contributed by atoms with Crippen molar-refractivity contribution in [3.05, 3.63) is 35.8 Å². The lowest BCUT2D eigenvalue weighted by molar-refractivity contribution is -0.128. The van der Waals surface area contributed by atoms with Crippen LogP contribution in [0.5, 0.6) is 0 Å². The molecule has 2 aromatic heterocycles. The Morgan fingerprint density at radius 1 is 1.31 bits per heavy atom. The summed E-state index contributed by atoms with van der Waals surface area (Å²) < 4.78 is 2.00. The lowest BCUT2D eigenvalue weighted by atomic mass is 9.65. The highest BCUT2D eigenvalue weighted by Gasteiger charge is 2.40. The number of aryl methyl sites for hydroxylation is 1. The Kier molecular flexibility index (Phi) is 6.94. The largest absolute Gasteiger partial charge is 0.350 e. The molecule has 2 saturated carbocycles. The number of nitrogens with zero attached hydrogens (tertiary/aromatic N) is 2. The molecule has 5 nitrogen and oxygen atoms in total. The van der Waals surface area contributed by atoms with Crippen LogP contribution in [0.4, 0.5) is 0 Å². The van der Waals surface area contributed by atoms with Crippen molar-refractivity contribution >= 4 is 36.4 Å². The molecule has 2 aliphatic rings. The van der Waals surface area contributed by atoms with Crippen LogP contribution in [0.1, 0.15) is 43.4 Å². The molecule has 7 heteroatoms. The van der Waals surface area contributed by atoms with Crippen LogP contribution in [0.3, 0.4) is 0 Å². The average Bonchev–Trinajstić information content (AvgIpc) is 2.94. The van der Waals surface area contributed by atoms with Gasteiger partial charge in [-0.1, -0.05) is 6.42 Å². The highest BCUT2D eigenvalue weighted by molar-refractivity contribution is 5.85. The highest BCUT2D eigenvalue weighted by Crippen LogP contribution is 2.41. The zero-order valence-corrected chi connectivity index (χ0v) is 16.7. The van der Waals surface area contributed by atoms with Crippen LogP contribution in [0.2, 0.25) is 0 Å². The van der Waals surface area contributed by atoms with Gasteiger partial charge in [0.15, 0.2) is 0 Å². The minimum atomic E-state index is 0. The number of carbonyl (C=O) groups excluding carboxylic acids is 1. The summed E-state index contributed by atoms with van der Waals surface area (Å²) in [5.41, 5.74) is 9.34. The molecule has 1 amide bonds. The summed E-state index contributed by atoms with van der Waals surface area (Å²) in [5, 5.41) is 3.09. The zero-order valence-electron chi connectivity index (χ0n) is 15.1. The molecule has 2 atom stereocenters. The quantitative estimate of drug-likeness (QED) is 0.832. The van der Waals surface area contributed by atoms with Gasteiger partial charge in [0.25, 0.3) is 0 Å². The maximum Gasteiger partial charge on any atom is 0.223 e. The summed E-state index contributed by atoms with van der Waals surface area (Å²) in [4.78, 5) is 17.2. The van der Waals surface area contributed by atoms with Gasteiger partial charge in [-0.15, -0.1) is 24.8 Å². The number of hydrogen-bond donors (Lipinski definition) is 2. The highest BCUT2D eigenvalue weighted by atomic mass is 35.5. The monoisotopic (exact) mass is 398 g/mol. The van der Waals surface area contributed by atoms with Crippen LogP contribution >= 0.6 is 24.8 Å². The van der Waals surface area contributed by atoms with Crippen molar-refractivity contribution in [2.45, 2.75) is 51.6 Å². The number of pyridine rings is 1. The van der Waals surface area contributed by atoms with Gasteiger partial charge in [0.1, 0.15) is 5.65 Å². The van der Waals surface area contributed by atoms with Crippen molar-refractivity contribution in [2.75, 3.05) is 0 Å². The molecule has 2 bridgehead atoms. The number of halogens is 2. The van der Waals surface area contributed by atoms with Gasteiger partial charge < -0.3 is 15.5 Å². The number of amides is 1. The number of aromatic nitrogens is 2. The Balaban J connectivity index is 0.00000121. The van der Waals surface area contributed by atoms with Crippen molar-refractivity contribution in [1.29, 1.82) is 0 Å². The summed E-state index contributed by atoms with van der Waals surface area (Å²) in [7, 11) is 0. The molecule has 0 aliphatic heterocycles. The summed E-state index contributed by atoms with van der Waals surface area (Å²) in [6.07, 6.45) is 9.55. The normalized spacial score (nSPS) is 27.3. The first kappa shape index (κ1) is 21.0. The van der Waals surface area contributed by atoms with Crippen LogP contribution in [0.15, 0.2) is 24.5 Å². The van der Waals surface area contributed by atoms with Gasteiger partial charge in [0, 0.05) is 24.4 Å². The van der Waals surface area contributed by atoms with Crippen LogP contribution in [0, 0.1) is 24.7 Å². The number of carbonyl (C=O) groups is 1. The second-order valence-corrected chi connectivity index (χ2v) is 7.62. The summed E-state index contributed by atoms with van der Waals surface area (Å²) in [5.74, 6) is 1.37. The van der Waals surface area contributed by atoms with Gasteiger partial charge in [-0.25, -0.2) is 4.98 Å². The maximum atomic E-state index is 12.6. The fourth-order valence-electron chi connectivity index (χ4n) is 4.55. The van der Waals surface area contributed by atoms with Crippen molar-refractivity contribution in [3.63, 3.8) is 0 Å². The number of rotatable bonds is 3. The van der Waals surface area contributed by atoms with E-state index in [-0.39, 0.29) is 36.6 Å². The molecular formula is C19H28Cl2N4O. The van der Waals surface area contributed by atoms with Crippen molar-refractivity contribution in [3.8, 4) is 0 Å². The molecule has 26 heavy (non-hydrogen) atoms. The van der Waals surface area contributed by atoms with Gasteiger partial charge in [0.2, 0.25) is 5.91 Å². The first-order chi connectivity index (χ1) is 11.6. The van der Waals surface area contributed by atoms with E-state index in [4.69, 9.17) is 5.73 Å². The Morgan fingerprint density at radius 3 is 2.69 bits per heavy atom. The number of imidazole rings is 1. The summed E-state index contributed by atoms with van der Waals surface area (Å²) in [6.45, 7) is 2.55. The minimum absolute atomic E-state index is 0. The number of nitrogens with one attached hydrogen (secondary N) is 1. The molecule has 0 radical (unpaired) electrons. The topological polar surface area (TPSA) is 72.4 Å². The third-order valence-corrected chi connectivity index (χ3v) is 5.89. The van der Waals surface area contributed by atoms with Crippen LogP contribution in [-0.2, 0) is 11.3 Å². The van der Waals surface area contributed by atoms with Crippen molar-refractivity contribution < 1.29 is 4.79 Å². The molecule has 2 fully saturated rings. The lowest BCUT2D eigenvalue weighted by Gasteiger charge is -2.43. The third kappa shape index (κ3) is 4.16. The van der Waals surface area contributed by atoms with Crippen LogP contribution < -0.4 is 11.1 Å². The Bertz CT molecular complexity index is 749. The van der Waals surface area contributed by atoms with Crippen LogP contribution in [0.25, 0.3) is 5.65 Å². The summed E-state index contributed by atoms with van der Waals surface area (Å²) in [6, 6.07) is 4.42. The first-order valence-corrected chi connectivity index (χ1v) is 9.07. The van der Waals surface area contributed by atoms with Gasteiger partial charge in [-0.3, -0.25) is 4.79 Å². The van der Waals surface area contributed by atoms with E-state index in [0.717, 1.165) is 24.2 Å². The molecule has 0 saturated heterocycles. The standard InChI is InChI=1S/C19H26N4O.2ClH/c1-12-5-6-23-11-16(22-17(23)7-12)10-21-19(24)15-8-13-3-2-4-14(9-15)18(13)20;;/h5-7,11,13-15,18H,2-4,8-10,20H2,1H3,(H,21,24);2*1H. The SMILES string of the molecule is Cc1ccn2cc(CNC(=O)C3CC4CCCC(C3)C4N)nc2c1.Cl.Cl. The van der Waals surface area contributed by atoms with Gasteiger partial charge in [-0.2, -0.15) is 0 Å². The van der Waals surface area contributed by atoms with Gasteiger partial charge >= 0.3 is 0 Å². The third-order valence-electron chi connectivity index (χ3n) is 5.89. The zero-order chi connectivity index (χ0) is 16.7. The van der Waals surface area contributed by atoms with E-state index in [1.54, 1.807) is 0 Å². The second-order valence-electron chi connectivity index (χ2n) is 7.62. The molecular weight excluding hydrogens is 371 g/mol. The fourth-order valence-corrected chi connectivity index (χ4v) is 4.55. The number of hydrogen-bond acceptors (Lipinski definition) is 3. The second kappa shape index (κ2) is 8.59. The average molecular weight is 399 g/mol. The number of fused-ring (bicyclic) bond motifs is 3.